The third-order valence-corrected chi connectivity index (χ3v) is 1.75. The maximum atomic E-state index is 5.61. The number of nitrogens with zero attached hydrogens (tertiary/aromatic N) is 1. The van der Waals surface area contributed by atoms with Gasteiger partial charge in [0.1, 0.15) is 5.76 Å². The van der Waals surface area contributed by atoms with Crippen molar-refractivity contribution in [2.45, 2.75) is 6.42 Å². The molecule has 0 aromatic carbocycles. The number of nitrogens with one attached hydrogen (secondary N) is 1. The zero-order valence-corrected chi connectivity index (χ0v) is 7.01. The second kappa shape index (κ2) is 3.03. The van der Waals surface area contributed by atoms with Crippen LogP contribution < -0.4 is 0 Å². The van der Waals surface area contributed by atoms with E-state index in [1.807, 2.05) is 6.07 Å². The fraction of sp³-hybridized carbons (Fsp3) is 0.125. The molecule has 0 radical (unpaired) electrons. The summed E-state index contributed by atoms with van der Waals surface area (Å²) < 4.78 is 5.17. The van der Waals surface area contributed by atoms with Crippen molar-refractivity contribution in [1.82, 2.24) is 9.97 Å². The Labute approximate surface area is 74.4 Å². The van der Waals surface area contributed by atoms with Gasteiger partial charge in [0.15, 0.2) is 5.22 Å². The number of aromatic amines is 1. The average molecular weight is 183 g/mol. The van der Waals surface area contributed by atoms with E-state index < -0.39 is 0 Å². The molecule has 62 valence electrons. The van der Waals surface area contributed by atoms with E-state index in [1.165, 1.54) is 0 Å². The van der Waals surface area contributed by atoms with Crippen molar-refractivity contribution >= 4 is 11.6 Å². The largest absolute Gasteiger partial charge is 0.449 e. The lowest BCUT2D eigenvalue weighted by Crippen LogP contribution is -1.83. The van der Waals surface area contributed by atoms with E-state index in [9.17, 15) is 0 Å². The minimum atomic E-state index is 0.421. The molecule has 0 atom stereocenters. The van der Waals surface area contributed by atoms with Crippen LogP contribution in [0.3, 0.4) is 0 Å². The van der Waals surface area contributed by atoms with Gasteiger partial charge in [-0.3, -0.25) is 0 Å². The first kappa shape index (κ1) is 7.43. The van der Waals surface area contributed by atoms with Gasteiger partial charge in [-0.05, 0) is 23.7 Å². The van der Waals surface area contributed by atoms with Crippen molar-refractivity contribution in [2.24, 2.45) is 0 Å². The Hall–Kier alpha value is -1.22. The molecule has 0 fully saturated rings. The first-order chi connectivity index (χ1) is 5.84. The number of imidazole rings is 1. The minimum absolute atomic E-state index is 0.421. The Morgan fingerprint density at radius 2 is 2.42 bits per heavy atom. The van der Waals surface area contributed by atoms with E-state index in [0.29, 0.717) is 11.6 Å². The van der Waals surface area contributed by atoms with E-state index in [2.05, 4.69) is 9.97 Å². The van der Waals surface area contributed by atoms with Crippen molar-refractivity contribution in [1.29, 1.82) is 0 Å². The van der Waals surface area contributed by atoms with Gasteiger partial charge in [-0.25, -0.2) is 4.98 Å². The van der Waals surface area contributed by atoms with Crippen molar-refractivity contribution < 1.29 is 4.42 Å². The lowest BCUT2D eigenvalue weighted by molar-refractivity contribution is 0.521. The molecule has 12 heavy (non-hydrogen) atoms. The molecule has 4 heteroatoms. The Kier molecular flexibility index (Phi) is 1.87. The van der Waals surface area contributed by atoms with Crippen LogP contribution in [0.1, 0.15) is 11.5 Å². The zero-order chi connectivity index (χ0) is 8.39. The van der Waals surface area contributed by atoms with Crippen LogP contribution in [0, 0.1) is 0 Å². The fourth-order valence-corrected chi connectivity index (χ4v) is 1.18. The number of hydrogen-bond donors (Lipinski definition) is 1. The van der Waals surface area contributed by atoms with Crippen LogP contribution in [0.2, 0.25) is 5.22 Å². The third-order valence-electron chi connectivity index (χ3n) is 1.55. The fourth-order valence-electron chi connectivity index (χ4n) is 1.02. The standard InChI is InChI=1S/C8H7ClN2O/c9-8-2-1-7(12-8)3-6-4-10-5-11-6/h1-2,4-5H,3H2,(H,10,11). The molecule has 0 amide bonds. The molecule has 2 rings (SSSR count). The molecule has 1 N–H and O–H groups in total. The zero-order valence-electron chi connectivity index (χ0n) is 6.25. The molecule has 2 aromatic heterocycles. The first-order valence-corrected chi connectivity index (χ1v) is 3.94. The number of furan rings is 1. The van der Waals surface area contributed by atoms with E-state index in [0.717, 1.165) is 11.5 Å². The summed E-state index contributed by atoms with van der Waals surface area (Å²) >= 11 is 5.61. The highest BCUT2D eigenvalue weighted by Gasteiger charge is 2.01. The van der Waals surface area contributed by atoms with Crippen molar-refractivity contribution in [3.63, 3.8) is 0 Å². The van der Waals surface area contributed by atoms with Gasteiger partial charge in [0.2, 0.25) is 0 Å². The molecule has 2 aromatic rings. The first-order valence-electron chi connectivity index (χ1n) is 3.56. The Balaban J connectivity index is 2.14. The molecule has 0 spiro atoms. The topological polar surface area (TPSA) is 41.8 Å². The summed E-state index contributed by atoms with van der Waals surface area (Å²) in [6.07, 6.45) is 4.10. The maximum absolute atomic E-state index is 5.61. The van der Waals surface area contributed by atoms with Crippen LogP contribution in [-0.4, -0.2) is 9.97 Å². The van der Waals surface area contributed by atoms with Gasteiger partial charge in [-0.2, -0.15) is 0 Å². The van der Waals surface area contributed by atoms with Gasteiger partial charge in [-0.1, -0.05) is 0 Å². The number of halogens is 1. The highest BCUT2D eigenvalue weighted by molar-refractivity contribution is 6.28. The second-order valence-corrected chi connectivity index (χ2v) is 2.83. The Bertz CT molecular complexity index is 353. The van der Waals surface area contributed by atoms with Crippen LogP contribution in [0.5, 0.6) is 0 Å². The monoisotopic (exact) mass is 182 g/mol. The van der Waals surface area contributed by atoms with Crippen LogP contribution in [0.25, 0.3) is 0 Å². The highest BCUT2D eigenvalue weighted by atomic mass is 35.5. The van der Waals surface area contributed by atoms with Crippen molar-refractivity contribution in [2.75, 3.05) is 0 Å². The smallest absolute Gasteiger partial charge is 0.193 e. The molecule has 0 aliphatic heterocycles. The summed E-state index contributed by atoms with van der Waals surface area (Å²) in [5.41, 5.74) is 1.01. The maximum Gasteiger partial charge on any atom is 0.193 e. The number of rotatable bonds is 2. The van der Waals surface area contributed by atoms with Crippen LogP contribution in [-0.2, 0) is 6.42 Å². The summed E-state index contributed by atoms with van der Waals surface area (Å²) in [7, 11) is 0. The summed E-state index contributed by atoms with van der Waals surface area (Å²) in [6.45, 7) is 0. The van der Waals surface area contributed by atoms with Gasteiger partial charge in [-0.15, -0.1) is 0 Å². The summed E-state index contributed by atoms with van der Waals surface area (Å²) in [5.74, 6) is 0.837. The Morgan fingerprint density at radius 1 is 1.50 bits per heavy atom. The summed E-state index contributed by atoms with van der Waals surface area (Å²) in [4.78, 5) is 6.88. The lowest BCUT2D eigenvalue weighted by atomic mass is 10.3. The van der Waals surface area contributed by atoms with E-state index >= 15 is 0 Å². The predicted molar refractivity (Wildman–Crippen MR) is 45.1 cm³/mol. The number of H-pyrrole nitrogens is 1. The number of aromatic nitrogens is 2. The summed E-state index contributed by atoms with van der Waals surface area (Å²) in [6, 6.07) is 3.58. The van der Waals surface area contributed by atoms with Crippen molar-refractivity contribution in [3.05, 3.63) is 41.3 Å². The predicted octanol–water partition coefficient (Wildman–Crippen LogP) is 2.25. The van der Waals surface area contributed by atoms with Gasteiger partial charge in [0.25, 0.3) is 0 Å². The van der Waals surface area contributed by atoms with Gasteiger partial charge < -0.3 is 9.40 Å². The molecule has 0 unspecified atom stereocenters. The molecule has 3 nitrogen and oxygen atoms in total. The number of hydrogen-bond acceptors (Lipinski definition) is 2. The quantitative estimate of drug-likeness (QED) is 0.774. The molecular formula is C8H7ClN2O. The van der Waals surface area contributed by atoms with Crippen LogP contribution >= 0.6 is 11.6 Å². The van der Waals surface area contributed by atoms with Gasteiger partial charge in [0.05, 0.1) is 6.33 Å². The highest BCUT2D eigenvalue weighted by Crippen LogP contribution is 2.15. The molecule has 0 saturated heterocycles. The third kappa shape index (κ3) is 1.51. The van der Waals surface area contributed by atoms with E-state index in [4.69, 9.17) is 16.0 Å². The molecule has 0 saturated carbocycles. The normalized spacial score (nSPS) is 10.4. The van der Waals surface area contributed by atoms with Gasteiger partial charge in [0, 0.05) is 18.3 Å². The van der Waals surface area contributed by atoms with Crippen LogP contribution in [0.4, 0.5) is 0 Å². The van der Waals surface area contributed by atoms with Crippen molar-refractivity contribution in [3.8, 4) is 0 Å². The van der Waals surface area contributed by atoms with Gasteiger partial charge >= 0.3 is 0 Å². The molecule has 2 heterocycles. The molecular weight excluding hydrogens is 176 g/mol. The Morgan fingerprint density at radius 3 is 3.00 bits per heavy atom. The SMILES string of the molecule is Clc1ccc(Cc2cnc[nH]2)o1. The van der Waals surface area contributed by atoms with E-state index in [-0.39, 0.29) is 0 Å². The lowest BCUT2D eigenvalue weighted by Gasteiger charge is -1.90. The molecule has 0 bridgehead atoms. The van der Waals surface area contributed by atoms with Crippen LogP contribution in [0.15, 0.2) is 29.1 Å². The second-order valence-electron chi connectivity index (χ2n) is 2.46. The van der Waals surface area contributed by atoms with E-state index in [1.54, 1.807) is 18.6 Å². The molecule has 0 aliphatic carbocycles. The molecule has 0 aliphatic rings. The minimum Gasteiger partial charge on any atom is -0.449 e. The average Bonchev–Trinajstić information content (AvgIpc) is 2.63. The summed E-state index contributed by atoms with van der Waals surface area (Å²) in [5, 5.41) is 0.421.